The number of hydrogen-bond donors (Lipinski definition) is 1. The Labute approximate surface area is 166 Å². The quantitative estimate of drug-likeness (QED) is 0.795. The second-order valence-corrected chi connectivity index (χ2v) is 7.10. The monoisotopic (exact) mass is 380 g/mol. The zero-order valence-electron chi connectivity index (χ0n) is 16.2. The summed E-state index contributed by atoms with van der Waals surface area (Å²) >= 11 is 0. The van der Waals surface area contributed by atoms with Gasteiger partial charge in [-0.3, -0.25) is 9.59 Å². The van der Waals surface area contributed by atoms with E-state index in [2.05, 4.69) is 5.32 Å². The van der Waals surface area contributed by atoms with Crippen molar-refractivity contribution in [2.45, 2.75) is 38.7 Å². The standard InChI is InChI=1S/C23H28N2O3/c26-22(25-16-6-1-2-7-17-25)14-15-24-23(27)20-10-12-21(13-11-20)28-18-19-8-4-3-5-9-19/h3-5,8-13H,1-2,6-7,14-18H2,(H,24,27). The first kappa shape index (κ1) is 19.9. The fraction of sp³-hybridized carbons (Fsp3) is 0.391. The van der Waals surface area contributed by atoms with Crippen molar-refractivity contribution in [3.8, 4) is 5.75 Å². The van der Waals surface area contributed by atoms with Gasteiger partial charge < -0.3 is 15.0 Å². The van der Waals surface area contributed by atoms with Gasteiger partial charge in [-0.2, -0.15) is 0 Å². The van der Waals surface area contributed by atoms with E-state index in [0.29, 0.717) is 25.1 Å². The molecular formula is C23H28N2O3. The van der Waals surface area contributed by atoms with Crippen LogP contribution in [0.3, 0.4) is 0 Å². The fourth-order valence-electron chi connectivity index (χ4n) is 3.31. The zero-order chi connectivity index (χ0) is 19.6. The summed E-state index contributed by atoms with van der Waals surface area (Å²) in [7, 11) is 0. The molecule has 148 valence electrons. The number of ether oxygens (including phenoxy) is 1. The van der Waals surface area contributed by atoms with Crippen LogP contribution < -0.4 is 10.1 Å². The predicted octanol–water partition coefficient (Wildman–Crippen LogP) is 3.79. The first-order chi connectivity index (χ1) is 13.7. The molecule has 1 heterocycles. The molecule has 0 unspecified atom stereocenters. The van der Waals surface area contributed by atoms with E-state index < -0.39 is 0 Å². The predicted molar refractivity (Wildman–Crippen MR) is 109 cm³/mol. The maximum absolute atomic E-state index is 12.3. The Morgan fingerprint density at radius 2 is 1.57 bits per heavy atom. The van der Waals surface area contributed by atoms with E-state index in [1.54, 1.807) is 24.3 Å². The van der Waals surface area contributed by atoms with Crippen molar-refractivity contribution in [2.24, 2.45) is 0 Å². The lowest BCUT2D eigenvalue weighted by molar-refractivity contribution is -0.131. The topological polar surface area (TPSA) is 58.6 Å². The average molecular weight is 380 g/mol. The second-order valence-electron chi connectivity index (χ2n) is 7.10. The number of benzene rings is 2. The molecule has 2 amide bonds. The molecule has 1 aliphatic heterocycles. The van der Waals surface area contributed by atoms with Crippen molar-refractivity contribution < 1.29 is 14.3 Å². The summed E-state index contributed by atoms with van der Waals surface area (Å²) in [4.78, 5) is 26.5. The minimum Gasteiger partial charge on any atom is -0.489 e. The van der Waals surface area contributed by atoms with Gasteiger partial charge in [0, 0.05) is 31.6 Å². The molecule has 0 aromatic heterocycles. The van der Waals surface area contributed by atoms with Crippen molar-refractivity contribution in [2.75, 3.05) is 19.6 Å². The normalized spacial score (nSPS) is 14.2. The molecule has 0 atom stereocenters. The lowest BCUT2D eigenvalue weighted by Gasteiger charge is -2.20. The Balaban J connectivity index is 1.41. The Morgan fingerprint density at radius 3 is 2.25 bits per heavy atom. The molecule has 0 spiro atoms. The highest BCUT2D eigenvalue weighted by molar-refractivity contribution is 5.94. The van der Waals surface area contributed by atoms with Gasteiger partial charge in [-0.1, -0.05) is 43.2 Å². The van der Waals surface area contributed by atoms with E-state index in [0.717, 1.165) is 37.2 Å². The van der Waals surface area contributed by atoms with Crippen molar-refractivity contribution in [3.05, 3.63) is 65.7 Å². The van der Waals surface area contributed by atoms with E-state index >= 15 is 0 Å². The van der Waals surface area contributed by atoms with Gasteiger partial charge in [0.1, 0.15) is 12.4 Å². The number of likely N-dealkylation sites (tertiary alicyclic amines) is 1. The fourth-order valence-corrected chi connectivity index (χ4v) is 3.31. The van der Waals surface area contributed by atoms with Crippen LogP contribution in [0.5, 0.6) is 5.75 Å². The minimum atomic E-state index is -0.168. The van der Waals surface area contributed by atoms with E-state index in [4.69, 9.17) is 4.74 Å². The van der Waals surface area contributed by atoms with Gasteiger partial charge in [-0.05, 0) is 42.7 Å². The van der Waals surface area contributed by atoms with Gasteiger partial charge in [0.15, 0.2) is 0 Å². The molecule has 0 radical (unpaired) electrons. The molecule has 1 fully saturated rings. The molecule has 3 rings (SSSR count). The maximum Gasteiger partial charge on any atom is 0.251 e. The van der Waals surface area contributed by atoms with Crippen molar-refractivity contribution in [3.63, 3.8) is 0 Å². The number of carbonyl (C=O) groups excluding carboxylic acids is 2. The van der Waals surface area contributed by atoms with Gasteiger partial charge in [0.2, 0.25) is 5.91 Å². The van der Waals surface area contributed by atoms with Crippen LogP contribution in [0.15, 0.2) is 54.6 Å². The van der Waals surface area contributed by atoms with Crippen molar-refractivity contribution in [1.82, 2.24) is 10.2 Å². The van der Waals surface area contributed by atoms with Crippen LogP contribution in [0, 0.1) is 0 Å². The highest BCUT2D eigenvalue weighted by Gasteiger charge is 2.15. The number of rotatable bonds is 7. The van der Waals surface area contributed by atoms with Gasteiger partial charge in [-0.15, -0.1) is 0 Å². The van der Waals surface area contributed by atoms with Crippen LogP contribution >= 0.6 is 0 Å². The third-order valence-electron chi connectivity index (χ3n) is 4.95. The first-order valence-corrected chi connectivity index (χ1v) is 10.0. The maximum atomic E-state index is 12.3. The molecule has 0 saturated carbocycles. The first-order valence-electron chi connectivity index (χ1n) is 10.0. The Morgan fingerprint density at radius 1 is 0.893 bits per heavy atom. The zero-order valence-corrected chi connectivity index (χ0v) is 16.2. The van der Waals surface area contributed by atoms with Crippen LogP contribution in [0.25, 0.3) is 0 Å². The third-order valence-corrected chi connectivity index (χ3v) is 4.95. The third kappa shape index (κ3) is 6.12. The van der Waals surface area contributed by atoms with E-state index in [9.17, 15) is 9.59 Å². The van der Waals surface area contributed by atoms with Crippen molar-refractivity contribution in [1.29, 1.82) is 0 Å². The summed E-state index contributed by atoms with van der Waals surface area (Å²) in [6.45, 7) is 2.54. The van der Waals surface area contributed by atoms with Crippen LogP contribution in [0.2, 0.25) is 0 Å². The summed E-state index contributed by atoms with van der Waals surface area (Å²) < 4.78 is 5.73. The van der Waals surface area contributed by atoms with Gasteiger partial charge in [-0.25, -0.2) is 0 Å². The summed E-state index contributed by atoms with van der Waals surface area (Å²) in [6, 6.07) is 17.0. The van der Waals surface area contributed by atoms with E-state index in [1.165, 1.54) is 12.8 Å². The molecule has 1 saturated heterocycles. The molecule has 5 nitrogen and oxygen atoms in total. The smallest absolute Gasteiger partial charge is 0.251 e. The number of hydrogen-bond acceptors (Lipinski definition) is 3. The van der Waals surface area contributed by atoms with Crippen LogP contribution in [0.4, 0.5) is 0 Å². The average Bonchev–Trinajstić information content (AvgIpc) is 3.03. The van der Waals surface area contributed by atoms with E-state index in [1.807, 2.05) is 35.2 Å². The summed E-state index contributed by atoms with van der Waals surface area (Å²) in [5.74, 6) is 0.682. The van der Waals surface area contributed by atoms with Crippen LogP contribution in [-0.4, -0.2) is 36.3 Å². The summed E-state index contributed by atoms with van der Waals surface area (Å²) in [5, 5.41) is 2.83. The molecule has 2 aromatic rings. The van der Waals surface area contributed by atoms with Gasteiger partial charge >= 0.3 is 0 Å². The lowest BCUT2D eigenvalue weighted by atomic mass is 10.2. The number of amides is 2. The summed E-state index contributed by atoms with van der Waals surface area (Å²) in [6.07, 6.45) is 4.91. The Bertz CT molecular complexity index is 751. The van der Waals surface area contributed by atoms with Crippen molar-refractivity contribution >= 4 is 11.8 Å². The molecule has 5 heteroatoms. The molecule has 0 aliphatic carbocycles. The minimum absolute atomic E-state index is 0.131. The summed E-state index contributed by atoms with van der Waals surface area (Å²) in [5.41, 5.74) is 1.66. The molecule has 1 N–H and O–H groups in total. The largest absolute Gasteiger partial charge is 0.489 e. The van der Waals surface area contributed by atoms with Crippen LogP contribution in [-0.2, 0) is 11.4 Å². The SMILES string of the molecule is O=C(NCCC(=O)N1CCCCCC1)c1ccc(OCc2ccccc2)cc1. The van der Waals surface area contributed by atoms with Gasteiger partial charge in [0.25, 0.3) is 5.91 Å². The number of nitrogens with zero attached hydrogens (tertiary/aromatic N) is 1. The molecular weight excluding hydrogens is 352 g/mol. The highest BCUT2D eigenvalue weighted by Crippen LogP contribution is 2.14. The Kier molecular flexibility index (Phi) is 7.47. The second kappa shape index (κ2) is 10.5. The number of carbonyl (C=O) groups is 2. The van der Waals surface area contributed by atoms with Gasteiger partial charge in [0.05, 0.1) is 0 Å². The molecule has 1 aliphatic rings. The van der Waals surface area contributed by atoms with E-state index in [-0.39, 0.29) is 11.8 Å². The molecule has 0 bridgehead atoms. The van der Waals surface area contributed by atoms with Crippen LogP contribution in [0.1, 0.15) is 48.0 Å². The number of nitrogens with one attached hydrogen (secondary N) is 1. The molecule has 2 aromatic carbocycles. The lowest BCUT2D eigenvalue weighted by Crippen LogP contribution is -2.35. The Hall–Kier alpha value is -2.82. The highest BCUT2D eigenvalue weighted by atomic mass is 16.5. The molecule has 28 heavy (non-hydrogen) atoms.